The van der Waals surface area contributed by atoms with Gasteiger partial charge in [-0.25, -0.2) is 0 Å². The molecule has 2 aromatic carbocycles. The molecule has 122 valence electrons. The van der Waals surface area contributed by atoms with Crippen molar-refractivity contribution in [2.75, 3.05) is 12.4 Å². The van der Waals surface area contributed by atoms with Crippen molar-refractivity contribution in [3.05, 3.63) is 62.1 Å². The van der Waals surface area contributed by atoms with E-state index < -0.39 is 5.91 Å². The molecular formula is C17H11BrCl2N2O2. The summed E-state index contributed by atoms with van der Waals surface area (Å²) >= 11 is 15.1. The Kier molecular flexibility index (Phi) is 6.27. The molecular weight excluding hydrogens is 415 g/mol. The molecule has 2 rings (SSSR count). The minimum atomic E-state index is -0.557. The molecule has 4 nitrogen and oxygen atoms in total. The van der Waals surface area contributed by atoms with Crippen molar-refractivity contribution in [2.45, 2.75) is 0 Å². The number of carbonyl (C=O) groups is 1. The van der Waals surface area contributed by atoms with Crippen LogP contribution in [0.15, 0.2) is 46.4 Å². The summed E-state index contributed by atoms with van der Waals surface area (Å²) in [5.41, 5.74) is 0.974. The summed E-state index contributed by atoms with van der Waals surface area (Å²) < 4.78 is 6.04. The van der Waals surface area contributed by atoms with Gasteiger partial charge in [0.25, 0.3) is 5.91 Å². The zero-order valence-corrected chi connectivity index (χ0v) is 15.5. The van der Waals surface area contributed by atoms with Crippen molar-refractivity contribution in [3.8, 4) is 11.8 Å². The number of hydrogen-bond acceptors (Lipinski definition) is 3. The molecule has 0 fully saturated rings. The van der Waals surface area contributed by atoms with Crippen LogP contribution in [0.5, 0.6) is 5.75 Å². The van der Waals surface area contributed by atoms with Gasteiger partial charge in [0.2, 0.25) is 0 Å². The van der Waals surface area contributed by atoms with E-state index in [1.54, 1.807) is 30.3 Å². The average Bonchev–Trinajstić information content (AvgIpc) is 2.56. The lowest BCUT2D eigenvalue weighted by atomic mass is 10.1. The van der Waals surface area contributed by atoms with Crippen LogP contribution in [0.3, 0.4) is 0 Å². The largest absolute Gasteiger partial charge is 0.496 e. The van der Waals surface area contributed by atoms with E-state index in [0.717, 1.165) is 4.47 Å². The SMILES string of the molecule is COc1ccc(Br)cc1/C=C(/C#N)C(=O)Nc1ccc(Cl)c(Cl)c1. The highest BCUT2D eigenvalue weighted by atomic mass is 79.9. The minimum absolute atomic E-state index is 0.0718. The monoisotopic (exact) mass is 424 g/mol. The summed E-state index contributed by atoms with van der Waals surface area (Å²) in [6.07, 6.45) is 1.45. The second-order valence-corrected chi connectivity index (χ2v) is 6.37. The van der Waals surface area contributed by atoms with E-state index in [0.29, 0.717) is 27.0 Å². The van der Waals surface area contributed by atoms with Gasteiger partial charge in [0.05, 0.1) is 17.2 Å². The zero-order valence-electron chi connectivity index (χ0n) is 12.4. The van der Waals surface area contributed by atoms with Crippen molar-refractivity contribution >= 4 is 56.8 Å². The fourth-order valence-electron chi connectivity index (χ4n) is 1.89. The molecule has 0 radical (unpaired) electrons. The van der Waals surface area contributed by atoms with Crippen molar-refractivity contribution in [2.24, 2.45) is 0 Å². The summed E-state index contributed by atoms with van der Waals surface area (Å²) in [4.78, 5) is 12.3. The van der Waals surface area contributed by atoms with Gasteiger partial charge in [0.1, 0.15) is 17.4 Å². The maximum absolute atomic E-state index is 12.3. The molecule has 0 bridgehead atoms. The third kappa shape index (κ3) is 4.51. The Morgan fingerprint density at radius 1 is 1.25 bits per heavy atom. The first-order valence-electron chi connectivity index (χ1n) is 6.66. The van der Waals surface area contributed by atoms with Gasteiger partial charge in [-0.3, -0.25) is 4.79 Å². The zero-order chi connectivity index (χ0) is 17.7. The number of halogens is 3. The summed E-state index contributed by atoms with van der Waals surface area (Å²) in [6.45, 7) is 0. The van der Waals surface area contributed by atoms with Crippen molar-refractivity contribution in [3.63, 3.8) is 0 Å². The third-order valence-corrected chi connectivity index (χ3v) is 4.27. The number of methoxy groups -OCH3 is 1. The van der Waals surface area contributed by atoms with Crippen LogP contribution in [0.25, 0.3) is 6.08 Å². The summed E-state index contributed by atoms with van der Waals surface area (Å²) in [7, 11) is 1.52. The number of amides is 1. The fraction of sp³-hybridized carbons (Fsp3) is 0.0588. The summed E-state index contributed by atoms with van der Waals surface area (Å²) in [5, 5.41) is 12.6. The Hall–Kier alpha value is -2.00. The van der Waals surface area contributed by atoms with E-state index in [-0.39, 0.29) is 5.57 Å². The number of carbonyl (C=O) groups excluding carboxylic acids is 1. The van der Waals surface area contributed by atoms with Gasteiger partial charge in [0, 0.05) is 15.7 Å². The number of ether oxygens (including phenoxy) is 1. The Bertz CT molecular complexity index is 860. The summed E-state index contributed by atoms with van der Waals surface area (Å²) in [6, 6.07) is 11.9. The van der Waals surface area contributed by atoms with E-state index in [1.165, 1.54) is 19.3 Å². The van der Waals surface area contributed by atoms with Crippen LogP contribution in [0, 0.1) is 11.3 Å². The first kappa shape index (κ1) is 18.3. The lowest BCUT2D eigenvalue weighted by molar-refractivity contribution is -0.112. The first-order valence-corrected chi connectivity index (χ1v) is 8.21. The molecule has 7 heteroatoms. The molecule has 0 aliphatic heterocycles. The molecule has 0 aromatic heterocycles. The van der Waals surface area contributed by atoms with Crippen LogP contribution in [-0.2, 0) is 4.79 Å². The van der Waals surface area contributed by atoms with E-state index in [9.17, 15) is 10.1 Å². The van der Waals surface area contributed by atoms with E-state index in [2.05, 4.69) is 21.2 Å². The van der Waals surface area contributed by atoms with Crippen molar-refractivity contribution < 1.29 is 9.53 Å². The highest BCUT2D eigenvalue weighted by Gasteiger charge is 2.12. The van der Waals surface area contributed by atoms with E-state index in [4.69, 9.17) is 27.9 Å². The molecule has 0 spiro atoms. The number of anilines is 1. The predicted octanol–water partition coefficient (Wildman–Crippen LogP) is 5.31. The summed E-state index contributed by atoms with van der Waals surface area (Å²) in [5.74, 6) is -0.00814. The number of nitrogens with one attached hydrogen (secondary N) is 1. The fourth-order valence-corrected chi connectivity index (χ4v) is 2.57. The van der Waals surface area contributed by atoms with Gasteiger partial charge in [0.15, 0.2) is 0 Å². The van der Waals surface area contributed by atoms with Crippen molar-refractivity contribution in [1.29, 1.82) is 5.26 Å². The van der Waals surface area contributed by atoms with Gasteiger partial charge in [-0.05, 0) is 42.5 Å². The molecule has 1 N–H and O–H groups in total. The second kappa shape index (κ2) is 8.20. The Morgan fingerprint density at radius 2 is 2.00 bits per heavy atom. The van der Waals surface area contributed by atoms with E-state index >= 15 is 0 Å². The standard InChI is InChI=1S/C17H11BrCl2N2O2/c1-24-16-5-2-12(18)7-10(16)6-11(9-21)17(23)22-13-3-4-14(19)15(20)8-13/h2-8H,1H3,(H,22,23)/b11-6-. The van der Waals surface area contributed by atoms with Crippen LogP contribution in [0.1, 0.15) is 5.56 Å². The van der Waals surface area contributed by atoms with Gasteiger partial charge in [-0.1, -0.05) is 39.1 Å². The van der Waals surface area contributed by atoms with Crippen LogP contribution in [0.4, 0.5) is 5.69 Å². The average molecular weight is 426 g/mol. The van der Waals surface area contributed by atoms with Gasteiger partial charge in [-0.2, -0.15) is 5.26 Å². The van der Waals surface area contributed by atoms with Crippen LogP contribution < -0.4 is 10.1 Å². The third-order valence-electron chi connectivity index (χ3n) is 3.03. The maximum Gasteiger partial charge on any atom is 0.266 e. The molecule has 0 aliphatic rings. The Morgan fingerprint density at radius 3 is 2.62 bits per heavy atom. The number of nitriles is 1. The Balaban J connectivity index is 2.30. The van der Waals surface area contributed by atoms with Crippen molar-refractivity contribution in [1.82, 2.24) is 0 Å². The molecule has 0 atom stereocenters. The molecule has 1 amide bonds. The quantitative estimate of drug-likeness (QED) is 0.533. The van der Waals surface area contributed by atoms with Crippen LogP contribution in [0.2, 0.25) is 10.0 Å². The molecule has 24 heavy (non-hydrogen) atoms. The number of rotatable bonds is 4. The number of nitrogens with zero attached hydrogens (tertiary/aromatic N) is 1. The van der Waals surface area contributed by atoms with Crippen LogP contribution >= 0.6 is 39.1 Å². The molecule has 0 saturated heterocycles. The molecule has 2 aromatic rings. The minimum Gasteiger partial charge on any atom is -0.496 e. The smallest absolute Gasteiger partial charge is 0.266 e. The first-order chi connectivity index (χ1) is 11.4. The molecule has 0 aliphatic carbocycles. The normalized spacial score (nSPS) is 10.9. The van der Waals surface area contributed by atoms with Crippen LogP contribution in [-0.4, -0.2) is 13.0 Å². The molecule has 0 unspecified atom stereocenters. The molecule has 0 heterocycles. The second-order valence-electron chi connectivity index (χ2n) is 4.64. The lowest BCUT2D eigenvalue weighted by Gasteiger charge is -2.08. The molecule has 0 saturated carbocycles. The highest BCUT2D eigenvalue weighted by Crippen LogP contribution is 2.27. The highest BCUT2D eigenvalue weighted by molar-refractivity contribution is 9.10. The maximum atomic E-state index is 12.3. The van der Waals surface area contributed by atoms with Gasteiger partial charge >= 0.3 is 0 Å². The number of benzene rings is 2. The topological polar surface area (TPSA) is 62.1 Å². The predicted molar refractivity (Wildman–Crippen MR) is 99.4 cm³/mol. The van der Waals surface area contributed by atoms with Gasteiger partial charge in [-0.15, -0.1) is 0 Å². The lowest BCUT2D eigenvalue weighted by Crippen LogP contribution is -2.13. The van der Waals surface area contributed by atoms with E-state index in [1.807, 2.05) is 6.07 Å². The van der Waals surface area contributed by atoms with Gasteiger partial charge < -0.3 is 10.1 Å². The Labute approximate surface area is 157 Å². The number of hydrogen-bond donors (Lipinski definition) is 1.